The number of hydrogen-bond donors (Lipinski definition) is 1. The molecule has 174 valence electrons. The first kappa shape index (κ1) is 24.3. The lowest BCUT2D eigenvalue weighted by atomic mass is 10.1. The average Bonchev–Trinajstić information content (AvgIpc) is 3.30. The van der Waals surface area contributed by atoms with Crippen LogP contribution in [0.5, 0.6) is 11.5 Å². The van der Waals surface area contributed by atoms with Gasteiger partial charge in [-0.25, -0.2) is 0 Å². The van der Waals surface area contributed by atoms with Crippen molar-refractivity contribution in [3.8, 4) is 17.6 Å². The molecule has 1 aromatic heterocycles. The van der Waals surface area contributed by atoms with E-state index < -0.39 is 10.8 Å². The number of ether oxygens (including phenoxy) is 2. The zero-order valence-corrected chi connectivity index (χ0v) is 19.2. The van der Waals surface area contributed by atoms with Crippen LogP contribution in [0.2, 0.25) is 0 Å². The standard InChI is InChI=1S/C23H21N5O5S/c1-15(2)22-26-27-23(34-22)25-21(29)17(14-24)13-16-3-7-19(8-4-16)32-11-12-33-20-9-5-18(6-10-20)28(30)31/h3-10,13,15H,11-12H2,1-2H3,(H,25,27,29). The minimum Gasteiger partial charge on any atom is -0.490 e. The summed E-state index contributed by atoms with van der Waals surface area (Å²) in [5.41, 5.74) is 0.586. The van der Waals surface area contributed by atoms with E-state index in [-0.39, 0.29) is 30.4 Å². The second kappa shape index (κ2) is 11.5. The molecule has 3 rings (SSSR count). The van der Waals surface area contributed by atoms with Gasteiger partial charge in [0.2, 0.25) is 5.13 Å². The Hall–Kier alpha value is -4.30. The van der Waals surface area contributed by atoms with Crippen LogP contribution in [-0.4, -0.2) is 34.2 Å². The average molecular weight is 480 g/mol. The van der Waals surface area contributed by atoms with E-state index in [0.29, 0.717) is 22.2 Å². The Morgan fingerprint density at radius 3 is 2.21 bits per heavy atom. The Labute approximate surface area is 199 Å². The predicted molar refractivity (Wildman–Crippen MR) is 127 cm³/mol. The molecule has 0 aliphatic carbocycles. The van der Waals surface area contributed by atoms with Gasteiger partial charge in [-0.05, 0) is 35.9 Å². The molecule has 0 aliphatic heterocycles. The van der Waals surface area contributed by atoms with Gasteiger partial charge in [0.25, 0.3) is 11.6 Å². The molecule has 1 amide bonds. The summed E-state index contributed by atoms with van der Waals surface area (Å²) in [6, 6.07) is 14.6. The van der Waals surface area contributed by atoms with Crippen LogP contribution in [0.1, 0.15) is 30.3 Å². The maximum absolute atomic E-state index is 12.4. The molecule has 0 aliphatic rings. The van der Waals surface area contributed by atoms with Crippen LogP contribution >= 0.6 is 11.3 Å². The molecule has 1 heterocycles. The molecule has 0 bridgehead atoms. The van der Waals surface area contributed by atoms with Gasteiger partial charge in [0.1, 0.15) is 41.4 Å². The zero-order valence-electron chi connectivity index (χ0n) is 18.4. The fourth-order valence-corrected chi connectivity index (χ4v) is 3.38. The second-order valence-electron chi connectivity index (χ2n) is 7.24. The highest BCUT2D eigenvalue weighted by Gasteiger charge is 2.14. The number of rotatable bonds is 10. The minimum atomic E-state index is -0.558. The molecular formula is C23H21N5O5S. The van der Waals surface area contributed by atoms with Gasteiger partial charge in [-0.2, -0.15) is 5.26 Å². The Bertz CT molecular complexity index is 1210. The number of carbonyl (C=O) groups excluding carboxylic acids is 1. The summed E-state index contributed by atoms with van der Waals surface area (Å²) in [4.78, 5) is 22.6. The Balaban J connectivity index is 1.50. The molecule has 11 heteroatoms. The number of nitrogens with zero attached hydrogens (tertiary/aromatic N) is 4. The van der Waals surface area contributed by atoms with Crippen LogP contribution in [0.15, 0.2) is 54.1 Å². The van der Waals surface area contributed by atoms with Crippen LogP contribution in [0, 0.1) is 21.4 Å². The summed E-state index contributed by atoms with van der Waals surface area (Å²) in [6.45, 7) is 4.47. The van der Waals surface area contributed by atoms with Crippen molar-refractivity contribution in [2.24, 2.45) is 0 Å². The third-order valence-electron chi connectivity index (χ3n) is 4.38. The van der Waals surface area contributed by atoms with Crippen molar-refractivity contribution in [1.29, 1.82) is 5.26 Å². The van der Waals surface area contributed by atoms with Crippen LogP contribution in [-0.2, 0) is 4.79 Å². The quantitative estimate of drug-likeness (QED) is 0.147. The van der Waals surface area contributed by atoms with Gasteiger partial charge in [0.05, 0.1) is 4.92 Å². The van der Waals surface area contributed by atoms with Gasteiger partial charge in [0.15, 0.2) is 0 Å². The lowest BCUT2D eigenvalue weighted by molar-refractivity contribution is -0.384. The van der Waals surface area contributed by atoms with Gasteiger partial charge in [-0.1, -0.05) is 37.3 Å². The minimum absolute atomic E-state index is 0.00441. The van der Waals surface area contributed by atoms with Crippen LogP contribution in [0.4, 0.5) is 10.8 Å². The van der Waals surface area contributed by atoms with Gasteiger partial charge < -0.3 is 9.47 Å². The fourth-order valence-electron chi connectivity index (χ4n) is 2.64. The zero-order chi connectivity index (χ0) is 24.5. The van der Waals surface area contributed by atoms with Gasteiger partial charge in [-0.3, -0.25) is 20.2 Å². The van der Waals surface area contributed by atoms with E-state index in [4.69, 9.17) is 9.47 Å². The third kappa shape index (κ3) is 6.85. The SMILES string of the molecule is CC(C)c1nnc(NC(=O)C(C#N)=Cc2ccc(OCCOc3ccc([N+](=O)[O-])cc3)cc2)s1. The molecule has 0 atom stereocenters. The maximum atomic E-state index is 12.4. The van der Waals surface area contributed by atoms with Crippen LogP contribution < -0.4 is 14.8 Å². The number of benzene rings is 2. The summed E-state index contributed by atoms with van der Waals surface area (Å²) < 4.78 is 11.1. The number of aromatic nitrogens is 2. The largest absolute Gasteiger partial charge is 0.490 e. The van der Waals surface area contributed by atoms with Gasteiger partial charge >= 0.3 is 0 Å². The Morgan fingerprint density at radius 1 is 1.12 bits per heavy atom. The van der Waals surface area contributed by atoms with Crippen molar-refractivity contribution in [2.75, 3.05) is 18.5 Å². The normalized spacial score (nSPS) is 11.1. The molecular weight excluding hydrogens is 458 g/mol. The molecule has 34 heavy (non-hydrogen) atoms. The smallest absolute Gasteiger partial charge is 0.269 e. The first-order chi connectivity index (χ1) is 16.4. The summed E-state index contributed by atoms with van der Waals surface area (Å²) in [5, 5.41) is 31.7. The van der Waals surface area contributed by atoms with E-state index in [1.807, 2.05) is 19.9 Å². The topological polar surface area (TPSA) is 140 Å². The molecule has 0 fully saturated rings. The fraction of sp³-hybridized carbons (Fsp3) is 0.217. The Morgan fingerprint density at radius 2 is 1.71 bits per heavy atom. The molecule has 0 spiro atoms. The van der Waals surface area contributed by atoms with Crippen molar-refractivity contribution < 1.29 is 19.2 Å². The number of hydrogen-bond acceptors (Lipinski definition) is 9. The monoisotopic (exact) mass is 479 g/mol. The summed E-state index contributed by atoms with van der Waals surface area (Å²) in [6.07, 6.45) is 1.47. The number of nitriles is 1. The van der Waals surface area contributed by atoms with E-state index >= 15 is 0 Å². The highest BCUT2D eigenvalue weighted by molar-refractivity contribution is 7.15. The molecule has 2 aromatic carbocycles. The van der Waals surface area contributed by atoms with Crippen LogP contribution in [0.25, 0.3) is 6.08 Å². The molecule has 0 unspecified atom stereocenters. The predicted octanol–water partition coefficient (Wildman–Crippen LogP) is 4.57. The molecule has 0 radical (unpaired) electrons. The number of non-ortho nitro benzene ring substituents is 1. The number of nitrogens with one attached hydrogen (secondary N) is 1. The molecule has 0 saturated heterocycles. The summed E-state index contributed by atoms with van der Waals surface area (Å²) in [7, 11) is 0. The number of carbonyl (C=O) groups is 1. The van der Waals surface area contributed by atoms with E-state index in [1.165, 1.54) is 41.7 Å². The van der Waals surface area contributed by atoms with E-state index in [9.17, 15) is 20.2 Å². The van der Waals surface area contributed by atoms with Gasteiger partial charge in [-0.15, -0.1) is 10.2 Å². The Kier molecular flexibility index (Phi) is 8.26. The van der Waals surface area contributed by atoms with E-state index in [0.717, 1.165) is 5.01 Å². The van der Waals surface area contributed by atoms with Crippen molar-refractivity contribution >= 4 is 34.1 Å². The number of anilines is 1. The summed E-state index contributed by atoms with van der Waals surface area (Å²) >= 11 is 1.27. The van der Waals surface area contributed by atoms with E-state index in [2.05, 4.69) is 15.5 Å². The first-order valence-electron chi connectivity index (χ1n) is 10.2. The lowest BCUT2D eigenvalue weighted by Crippen LogP contribution is -2.13. The van der Waals surface area contributed by atoms with Crippen molar-refractivity contribution in [3.05, 3.63) is 74.8 Å². The first-order valence-corrected chi connectivity index (χ1v) is 11.0. The number of nitro groups is 1. The van der Waals surface area contributed by atoms with Crippen molar-refractivity contribution in [3.63, 3.8) is 0 Å². The molecule has 1 N–H and O–H groups in total. The third-order valence-corrected chi connectivity index (χ3v) is 5.52. The number of amides is 1. The van der Waals surface area contributed by atoms with E-state index in [1.54, 1.807) is 24.3 Å². The molecule has 0 saturated carbocycles. The lowest BCUT2D eigenvalue weighted by Gasteiger charge is -2.08. The van der Waals surface area contributed by atoms with Crippen molar-refractivity contribution in [1.82, 2.24) is 10.2 Å². The maximum Gasteiger partial charge on any atom is 0.269 e. The summed E-state index contributed by atoms with van der Waals surface area (Å²) in [5.74, 6) is 0.731. The van der Waals surface area contributed by atoms with Crippen LogP contribution in [0.3, 0.4) is 0 Å². The highest BCUT2D eigenvalue weighted by atomic mass is 32.1. The molecule has 3 aromatic rings. The van der Waals surface area contributed by atoms with Crippen molar-refractivity contribution in [2.45, 2.75) is 19.8 Å². The molecule has 10 nitrogen and oxygen atoms in total. The highest BCUT2D eigenvalue weighted by Crippen LogP contribution is 2.23. The second-order valence-corrected chi connectivity index (χ2v) is 8.25. The number of nitro benzene ring substituents is 1. The van der Waals surface area contributed by atoms with Gasteiger partial charge in [0, 0.05) is 18.1 Å².